The molecule has 0 amide bonds. The molecule has 0 aliphatic rings. The standard InChI is InChI=1S/C10H8N2O2S2/c13-7-4-2-1-3-6(7)11-5-8-9(14)12-10(15)16-8/h1-5,13-14H,(H,12,15). The summed E-state index contributed by atoms with van der Waals surface area (Å²) in [5, 5.41) is 18.9. The Morgan fingerprint density at radius 1 is 1.31 bits per heavy atom. The predicted octanol–water partition coefficient (Wildman–Crippen LogP) is 2.97. The lowest BCUT2D eigenvalue weighted by molar-refractivity contribution is 0.456. The molecule has 3 N–H and O–H groups in total. The summed E-state index contributed by atoms with van der Waals surface area (Å²) in [6.45, 7) is 0. The zero-order valence-electron chi connectivity index (χ0n) is 8.04. The Bertz CT molecular complexity index is 587. The van der Waals surface area contributed by atoms with E-state index < -0.39 is 0 Å². The third-order valence-corrected chi connectivity index (χ3v) is 3.02. The number of phenolic OH excluding ortho intramolecular Hbond substituents is 1. The highest BCUT2D eigenvalue weighted by atomic mass is 32.1. The van der Waals surface area contributed by atoms with Crippen LogP contribution in [0.4, 0.5) is 5.69 Å². The first-order chi connectivity index (χ1) is 7.66. The van der Waals surface area contributed by atoms with Crippen molar-refractivity contribution in [2.24, 2.45) is 4.99 Å². The van der Waals surface area contributed by atoms with Gasteiger partial charge in [0.05, 0.1) is 6.21 Å². The first kappa shape index (κ1) is 10.8. The number of nitrogens with zero attached hydrogens (tertiary/aromatic N) is 1. The lowest BCUT2D eigenvalue weighted by Gasteiger charge is -1.95. The Hall–Kier alpha value is -1.66. The monoisotopic (exact) mass is 252 g/mol. The van der Waals surface area contributed by atoms with Crippen molar-refractivity contribution in [1.82, 2.24) is 4.98 Å². The summed E-state index contributed by atoms with van der Waals surface area (Å²) in [6.07, 6.45) is 1.46. The van der Waals surface area contributed by atoms with Crippen LogP contribution in [0.3, 0.4) is 0 Å². The van der Waals surface area contributed by atoms with E-state index in [-0.39, 0.29) is 11.6 Å². The second kappa shape index (κ2) is 4.46. The van der Waals surface area contributed by atoms with E-state index in [9.17, 15) is 10.2 Å². The van der Waals surface area contributed by atoms with Gasteiger partial charge in [-0.1, -0.05) is 23.5 Å². The molecule has 0 atom stereocenters. The molecule has 0 saturated carbocycles. The van der Waals surface area contributed by atoms with Crippen LogP contribution < -0.4 is 0 Å². The van der Waals surface area contributed by atoms with E-state index in [1.54, 1.807) is 24.3 Å². The maximum atomic E-state index is 9.46. The molecule has 1 heterocycles. The molecule has 16 heavy (non-hydrogen) atoms. The van der Waals surface area contributed by atoms with Gasteiger partial charge in [-0.2, -0.15) is 0 Å². The van der Waals surface area contributed by atoms with Crippen LogP contribution in [0.2, 0.25) is 0 Å². The number of thiazole rings is 1. The predicted molar refractivity (Wildman–Crippen MR) is 66.5 cm³/mol. The van der Waals surface area contributed by atoms with Gasteiger partial charge in [-0.25, -0.2) is 0 Å². The van der Waals surface area contributed by atoms with Crippen LogP contribution in [-0.2, 0) is 0 Å². The molecule has 1 aromatic carbocycles. The minimum atomic E-state index is -0.00540. The zero-order valence-corrected chi connectivity index (χ0v) is 9.68. The summed E-state index contributed by atoms with van der Waals surface area (Å²) in [4.78, 5) is 7.19. The molecule has 2 rings (SSSR count). The Labute approximate surface area is 101 Å². The molecule has 0 radical (unpaired) electrons. The number of nitrogens with one attached hydrogen (secondary N) is 1. The number of aromatic nitrogens is 1. The van der Waals surface area contributed by atoms with Crippen molar-refractivity contribution in [2.45, 2.75) is 0 Å². The van der Waals surface area contributed by atoms with Crippen molar-refractivity contribution in [2.75, 3.05) is 0 Å². The number of aliphatic imine (C=N–C) groups is 1. The molecule has 82 valence electrons. The van der Waals surface area contributed by atoms with E-state index in [0.717, 1.165) is 0 Å². The van der Waals surface area contributed by atoms with Gasteiger partial charge in [0, 0.05) is 0 Å². The molecule has 6 heteroatoms. The lowest BCUT2D eigenvalue weighted by atomic mass is 10.3. The number of benzene rings is 1. The van der Waals surface area contributed by atoms with Crippen molar-refractivity contribution in [3.63, 3.8) is 0 Å². The number of para-hydroxylation sites is 2. The quantitative estimate of drug-likeness (QED) is 0.568. The smallest absolute Gasteiger partial charge is 0.209 e. The highest BCUT2D eigenvalue weighted by Gasteiger charge is 2.02. The highest BCUT2D eigenvalue weighted by molar-refractivity contribution is 7.73. The van der Waals surface area contributed by atoms with Crippen LogP contribution >= 0.6 is 23.6 Å². The van der Waals surface area contributed by atoms with Crippen molar-refractivity contribution in [3.8, 4) is 11.6 Å². The number of aromatic hydroxyl groups is 2. The fourth-order valence-electron chi connectivity index (χ4n) is 1.12. The second-order valence-corrected chi connectivity index (χ2v) is 4.69. The van der Waals surface area contributed by atoms with Gasteiger partial charge >= 0.3 is 0 Å². The molecular weight excluding hydrogens is 244 g/mol. The zero-order chi connectivity index (χ0) is 11.5. The average Bonchev–Trinajstić information content (AvgIpc) is 2.56. The molecule has 0 spiro atoms. The Morgan fingerprint density at radius 3 is 2.69 bits per heavy atom. The lowest BCUT2D eigenvalue weighted by Crippen LogP contribution is -1.75. The number of H-pyrrole nitrogens is 1. The third kappa shape index (κ3) is 2.29. The van der Waals surface area contributed by atoms with Crippen LogP contribution in [-0.4, -0.2) is 21.4 Å². The first-order valence-corrected chi connectivity index (χ1v) is 5.63. The van der Waals surface area contributed by atoms with Crippen LogP contribution in [0.15, 0.2) is 29.3 Å². The molecule has 2 aromatic rings. The average molecular weight is 252 g/mol. The van der Waals surface area contributed by atoms with E-state index in [1.165, 1.54) is 17.6 Å². The van der Waals surface area contributed by atoms with Gasteiger partial charge < -0.3 is 15.2 Å². The van der Waals surface area contributed by atoms with Crippen molar-refractivity contribution in [1.29, 1.82) is 0 Å². The Morgan fingerprint density at radius 2 is 2.06 bits per heavy atom. The van der Waals surface area contributed by atoms with Gasteiger partial charge in [-0.3, -0.25) is 4.99 Å². The minimum absolute atomic E-state index is 0.00540. The Balaban J connectivity index is 2.32. The third-order valence-electron chi connectivity index (χ3n) is 1.86. The van der Waals surface area contributed by atoms with E-state index in [1.807, 2.05) is 0 Å². The fourth-order valence-corrected chi connectivity index (χ4v) is 2.09. The summed E-state index contributed by atoms with van der Waals surface area (Å²) in [5.74, 6) is 0.0894. The topological polar surface area (TPSA) is 68.6 Å². The van der Waals surface area contributed by atoms with Gasteiger partial charge in [0.15, 0.2) is 3.95 Å². The molecular formula is C10H8N2O2S2. The minimum Gasteiger partial charge on any atom is -0.506 e. The van der Waals surface area contributed by atoms with Crippen LogP contribution in [0, 0.1) is 3.95 Å². The van der Waals surface area contributed by atoms with E-state index in [0.29, 0.717) is 14.5 Å². The van der Waals surface area contributed by atoms with Gasteiger partial charge in [-0.15, -0.1) is 0 Å². The van der Waals surface area contributed by atoms with E-state index in [4.69, 9.17) is 12.2 Å². The van der Waals surface area contributed by atoms with Gasteiger partial charge in [0.2, 0.25) is 5.88 Å². The summed E-state index contributed by atoms with van der Waals surface area (Å²) >= 11 is 6.09. The number of hydrogen-bond donors (Lipinski definition) is 3. The highest BCUT2D eigenvalue weighted by Crippen LogP contribution is 2.26. The van der Waals surface area contributed by atoms with E-state index >= 15 is 0 Å². The molecule has 1 aromatic heterocycles. The van der Waals surface area contributed by atoms with E-state index in [2.05, 4.69) is 9.98 Å². The molecule has 0 aliphatic carbocycles. The fraction of sp³-hybridized carbons (Fsp3) is 0. The maximum absolute atomic E-state index is 9.46. The van der Waals surface area contributed by atoms with Crippen molar-refractivity contribution in [3.05, 3.63) is 33.1 Å². The normalized spacial score (nSPS) is 11.0. The largest absolute Gasteiger partial charge is 0.506 e. The molecule has 0 fully saturated rings. The van der Waals surface area contributed by atoms with Gasteiger partial charge in [0.25, 0.3) is 0 Å². The van der Waals surface area contributed by atoms with Gasteiger partial charge in [0.1, 0.15) is 16.3 Å². The summed E-state index contributed by atoms with van der Waals surface area (Å²) < 4.78 is 0.483. The molecule has 0 bridgehead atoms. The SMILES string of the molecule is Oc1ccccc1N=Cc1sc(=S)[nH]c1O. The molecule has 4 nitrogen and oxygen atoms in total. The summed E-state index contributed by atoms with van der Waals surface area (Å²) in [5.41, 5.74) is 0.446. The maximum Gasteiger partial charge on any atom is 0.209 e. The first-order valence-electron chi connectivity index (χ1n) is 4.41. The summed E-state index contributed by atoms with van der Waals surface area (Å²) in [6, 6.07) is 6.71. The molecule has 0 unspecified atom stereocenters. The number of hydrogen-bond acceptors (Lipinski definition) is 5. The van der Waals surface area contributed by atoms with Crippen LogP contribution in [0.1, 0.15) is 4.88 Å². The van der Waals surface area contributed by atoms with Crippen LogP contribution in [0.5, 0.6) is 11.6 Å². The van der Waals surface area contributed by atoms with Crippen molar-refractivity contribution >= 4 is 35.5 Å². The Kier molecular flexibility index (Phi) is 3.02. The number of aromatic amines is 1. The van der Waals surface area contributed by atoms with Crippen LogP contribution in [0.25, 0.3) is 0 Å². The summed E-state index contributed by atoms with van der Waals surface area (Å²) in [7, 11) is 0. The van der Waals surface area contributed by atoms with Crippen molar-refractivity contribution < 1.29 is 10.2 Å². The number of phenols is 1. The molecule has 0 saturated heterocycles. The molecule has 0 aliphatic heterocycles. The second-order valence-electron chi connectivity index (χ2n) is 2.97. The van der Waals surface area contributed by atoms with Gasteiger partial charge in [-0.05, 0) is 24.4 Å². The number of rotatable bonds is 2.